The van der Waals surface area contributed by atoms with Crippen LogP contribution in [0.25, 0.3) is 0 Å². The molecule has 0 radical (unpaired) electrons. The van der Waals surface area contributed by atoms with Gasteiger partial charge in [-0.25, -0.2) is 0 Å². The molecule has 3 aliphatic heterocycles. The number of halogens is 3. The van der Waals surface area contributed by atoms with Gasteiger partial charge in [0, 0.05) is 23.9 Å². The Morgan fingerprint density at radius 1 is 1.18 bits per heavy atom. The topological polar surface area (TPSA) is 141 Å². The van der Waals surface area contributed by atoms with E-state index in [1.165, 1.54) is 4.90 Å². The number of carbonyl (C=O) groups is 4. The number of rotatable bonds is 7. The van der Waals surface area contributed by atoms with Crippen molar-refractivity contribution in [1.29, 1.82) is 5.26 Å². The Balaban J connectivity index is 1.34. The normalized spacial score (nSPS) is 33.9. The zero-order valence-corrected chi connectivity index (χ0v) is 23.1. The van der Waals surface area contributed by atoms with Crippen molar-refractivity contribution in [3.63, 3.8) is 0 Å². The Morgan fingerprint density at radius 2 is 1.85 bits per heavy atom. The first-order valence-electron chi connectivity index (χ1n) is 13.8. The molecular weight excluding hydrogens is 531 g/mol. The number of carbonyl (C=O) groups excluding carboxylic acids is 4. The molecule has 1 unspecified atom stereocenters. The highest BCUT2D eigenvalue weighted by Gasteiger charge is 2.70. The third-order valence-corrected chi connectivity index (χ3v) is 9.73. The van der Waals surface area contributed by atoms with Gasteiger partial charge in [-0.05, 0) is 63.2 Å². The molecule has 5 aliphatic rings. The number of fused-ring (bicyclic) bond motifs is 1. The molecule has 220 valence electrons. The smallest absolute Gasteiger partial charge is 0.375 e. The van der Waals surface area contributed by atoms with E-state index in [1.807, 2.05) is 19.2 Å². The monoisotopic (exact) mass is 567 g/mol. The number of nitriles is 1. The van der Waals surface area contributed by atoms with Gasteiger partial charge in [-0.15, -0.1) is 0 Å². The second-order valence-electron chi connectivity index (χ2n) is 13.5. The largest absolute Gasteiger partial charge is 0.471 e. The van der Waals surface area contributed by atoms with Crippen LogP contribution in [-0.2, 0) is 23.9 Å². The van der Waals surface area contributed by atoms with Gasteiger partial charge in [-0.2, -0.15) is 18.4 Å². The van der Waals surface area contributed by atoms with Gasteiger partial charge in [0.05, 0.1) is 18.3 Å². The molecule has 5 rings (SSSR count). The zero-order chi connectivity index (χ0) is 29.4. The van der Waals surface area contributed by atoms with Gasteiger partial charge in [0.1, 0.15) is 18.1 Å². The Morgan fingerprint density at radius 3 is 2.38 bits per heavy atom. The Hall–Kier alpha value is -2.88. The summed E-state index contributed by atoms with van der Waals surface area (Å²) in [4.78, 5) is 53.1. The minimum atomic E-state index is -5.19. The van der Waals surface area contributed by atoms with Crippen molar-refractivity contribution in [2.75, 3.05) is 13.2 Å². The zero-order valence-electron chi connectivity index (χ0n) is 23.1. The highest BCUT2D eigenvalue weighted by atomic mass is 19.4. The molecule has 0 bridgehead atoms. The minimum Gasteiger partial charge on any atom is -0.375 e. The molecule has 1 spiro atoms. The number of hydrogen-bond donors (Lipinski definition) is 3. The summed E-state index contributed by atoms with van der Waals surface area (Å²) < 4.78 is 45.3. The number of amides is 4. The van der Waals surface area contributed by atoms with Crippen LogP contribution in [-0.4, -0.2) is 77.1 Å². The summed E-state index contributed by atoms with van der Waals surface area (Å²) >= 11 is 0. The van der Waals surface area contributed by atoms with E-state index in [1.54, 1.807) is 13.8 Å². The second kappa shape index (κ2) is 9.33. The number of nitrogens with one attached hydrogen (secondary N) is 3. The summed E-state index contributed by atoms with van der Waals surface area (Å²) in [6, 6.07) is -1.47. The first-order chi connectivity index (χ1) is 18.5. The molecule has 4 amide bonds. The van der Waals surface area contributed by atoms with Crippen LogP contribution in [0.15, 0.2) is 0 Å². The second-order valence-corrected chi connectivity index (χ2v) is 13.5. The van der Waals surface area contributed by atoms with Gasteiger partial charge in [-0.3, -0.25) is 19.2 Å². The average molecular weight is 568 g/mol. The fourth-order valence-corrected chi connectivity index (χ4v) is 7.23. The van der Waals surface area contributed by atoms with Gasteiger partial charge >= 0.3 is 12.1 Å². The maximum atomic E-state index is 13.8. The lowest BCUT2D eigenvalue weighted by atomic mass is 9.90. The Bertz CT molecular complexity index is 1160. The van der Waals surface area contributed by atoms with E-state index in [0.29, 0.717) is 6.42 Å². The summed E-state index contributed by atoms with van der Waals surface area (Å²) in [6.45, 7) is 7.55. The van der Waals surface area contributed by atoms with Crippen molar-refractivity contribution in [2.24, 2.45) is 29.1 Å². The van der Waals surface area contributed by atoms with E-state index >= 15 is 0 Å². The molecule has 3 saturated heterocycles. The van der Waals surface area contributed by atoms with E-state index in [4.69, 9.17) is 4.74 Å². The van der Waals surface area contributed by atoms with Gasteiger partial charge in [0.2, 0.25) is 17.7 Å². The number of likely N-dealkylation sites (tertiary alicyclic amines) is 1. The summed E-state index contributed by atoms with van der Waals surface area (Å²) in [6.07, 6.45) is -2.42. The van der Waals surface area contributed by atoms with E-state index in [0.717, 1.165) is 12.8 Å². The maximum absolute atomic E-state index is 13.8. The molecule has 0 aromatic rings. The first kappa shape index (κ1) is 28.6. The van der Waals surface area contributed by atoms with Crippen LogP contribution in [0.4, 0.5) is 13.2 Å². The SMILES string of the molecule is CC1(C)CC([C@H](NC(=O)C(F)(F)F)C(=O)N2C[C@H]3[C@@H]([C@H]2C(=O)N[C@H](C#N)C[C@@H]2CC4(CC4)NC2=O)C3(C)C)CO1. The van der Waals surface area contributed by atoms with E-state index in [-0.39, 0.29) is 54.7 Å². The quantitative estimate of drug-likeness (QED) is 0.425. The summed E-state index contributed by atoms with van der Waals surface area (Å²) in [7, 11) is 0. The molecule has 2 saturated carbocycles. The number of ether oxygens (including phenoxy) is 1. The molecule has 0 aromatic heterocycles. The molecule has 5 fully saturated rings. The number of piperidine rings is 1. The van der Waals surface area contributed by atoms with Gasteiger partial charge in [0.15, 0.2) is 0 Å². The van der Waals surface area contributed by atoms with Crippen molar-refractivity contribution < 1.29 is 37.1 Å². The summed E-state index contributed by atoms with van der Waals surface area (Å²) in [5.74, 6) is -5.16. The average Bonchev–Trinajstić information content (AvgIpc) is 3.45. The lowest BCUT2D eigenvalue weighted by Crippen LogP contribution is -2.59. The third-order valence-electron chi connectivity index (χ3n) is 9.73. The molecule has 7 atom stereocenters. The molecule has 3 heterocycles. The standard InChI is InChI=1S/C27H36F3N5O5/c1-24(2)8-14(12-40-24)18(33-23(39)27(28,29)30)22(38)35-11-16-17(25(16,3)4)19(35)21(37)32-15(10-31)7-13-9-26(5-6-26)34-20(13)36/h13-19H,5-9,11-12H2,1-4H3,(H,32,37)(H,33,39)(H,34,36)/t13-,14?,15+,16+,17+,18+,19+/m1/s1. The maximum Gasteiger partial charge on any atom is 0.471 e. The van der Waals surface area contributed by atoms with Crippen molar-refractivity contribution in [3.05, 3.63) is 0 Å². The lowest BCUT2D eigenvalue weighted by Gasteiger charge is -2.35. The van der Waals surface area contributed by atoms with E-state index in [9.17, 15) is 37.6 Å². The van der Waals surface area contributed by atoms with Gasteiger partial charge in [0.25, 0.3) is 0 Å². The summed E-state index contributed by atoms with van der Waals surface area (Å²) in [5.41, 5.74) is -1.16. The number of alkyl halides is 3. The molecule has 3 N–H and O–H groups in total. The van der Waals surface area contributed by atoms with Crippen LogP contribution in [0.5, 0.6) is 0 Å². The molecule has 10 nitrogen and oxygen atoms in total. The van der Waals surface area contributed by atoms with Crippen LogP contribution in [0.1, 0.15) is 59.8 Å². The van der Waals surface area contributed by atoms with Crippen molar-refractivity contribution in [2.45, 2.75) is 95.2 Å². The van der Waals surface area contributed by atoms with Crippen molar-refractivity contribution >= 4 is 23.6 Å². The third kappa shape index (κ3) is 5.15. The van der Waals surface area contributed by atoms with Crippen LogP contribution in [0, 0.1) is 40.4 Å². The fraction of sp³-hybridized carbons (Fsp3) is 0.815. The first-order valence-corrected chi connectivity index (χ1v) is 13.8. The fourth-order valence-electron chi connectivity index (χ4n) is 7.23. The van der Waals surface area contributed by atoms with Gasteiger partial charge in [-0.1, -0.05) is 13.8 Å². The van der Waals surface area contributed by atoms with Gasteiger partial charge < -0.3 is 25.6 Å². The Kier molecular flexibility index (Phi) is 6.68. The highest BCUT2D eigenvalue weighted by Crippen LogP contribution is 2.65. The van der Waals surface area contributed by atoms with Crippen molar-refractivity contribution in [3.8, 4) is 6.07 Å². The predicted molar refractivity (Wildman–Crippen MR) is 133 cm³/mol. The van der Waals surface area contributed by atoms with Crippen LogP contribution in [0.2, 0.25) is 0 Å². The van der Waals surface area contributed by atoms with E-state index in [2.05, 4.69) is 16.7 Å². The minimum absolute atomic E-state index is 0.0218. The number of hydrogen-bond acceptors (Lipinski definition) is 6. The van der Waals surface area contributed by atoms with Crippen LogP contribution < -0.4 is 16.0 Å². The molecular formula is C27H36F3N5O5. The van der Waals surface area contributed by atoms with E-state index < -0.39 is 59.5 Å². The Labute approximate surface area is 230 Å². The highest BCUT2D eigenvalue weighted by molar-refractivity contribution is 5.94. The molecule has 0 aromatic carbocycles. The predicted octanol–water partition coefficient (Wildman–Crippen LogP) is 1.40. The van der Waals surface area contributed by atoms with Crippen LogP contribution >= 0.6 is 0 Å². The summed E-state index contributed by atoms with van der Waals surface area (Å²) in [5, 5.41) is 17.3. The lowest BCUT2D eigenvalue weighted by molar-refractivity contribution is -0.175. The molecule has 2 aliphatic carbocycles. The van der Waals surface area contributed by atoms with Crippen LogP contribution in [0.3, 0.4) is 0 Å². The van der Waals surface area contributed by atoms with Crippen molar-refractivity contribution in [1.82, 2.24) is 20.9 Å². The molecule has 13 heteroatoms. The molecule has 40 heavy (non-hydrogen) atoms. The number of nitrogens with zero attached hydrogens (tertiary/aromatic N) is 2.